The summed E-state index contributed by atoms with van der Waals surface area (Å²) in [6.07, 6.45) is 6.79. The summed E-state index contributed by atoms with van der Waals surface area (Å²) in [7, 11) is 3.32. The van der Waals surface area contributed by atoms with Crippen LogP contribution in [0.4, 0.5) is 4.79 Å². The molecule has 25 heavy (non-hydrogen) atoms. The van der Waals surface area contributed by atoms with E-state index >= 15 is 0 Å². The minimum Gasteiger partial charge on any atom is -0.497 e. The van der Waals surface area contributed by atoms with Gasteiger partial charge in [-0.1, -0.05) is 19.8 Å². The second kappa shape index (κ2) is 7.98. The van der Waals surface area contributed by atoms with Gasteiger partial charge < -0.3 is 19.7 Å². The lowest BCUT2D eigenvalue weighted by atomic mass is 9.86. The predicted octanol–water partition coefficient (Wildman–Crippen LogP) is 4.13. The molecule has 2 amide bonds. The van der Waals surface area contributed by atoms with Gasteiger partial charge >= 0.3 is 6.03 Å². The molecular weight excluding hydrogens is 316 g/mol. The topological polar surface area (TPSA) is 50.8 Å². The first kappa shape index (κ1) is 17.9. The molecule has 1 aliphatic carbocycles. The first-order valence-electron chi connectivity index (χ1n) is 9.43. The zero-order valence-electron chi connectivity index (χ0n) is 15.6. The third-order valence-corrected chi connectivity index (χ3v) is 5.73. The van der Waals surface area contributed by atoms with E-state index in [0.29, 0.717) is 12.0 Å². The van der Waals surface area contributed by atoms with E-state index < -0.39 is 0 Å². The maximum atomic E-state index is 12.9. The molecule has 5 nitrogen and oxygen atoms in total. The molecule has 5 heteroatoms. The second-order valence-electron chi connectivity index (χ2n) is 7.28. The molecule has 3 rings (SSSR count). The number of nitrogens with one attached hydrogen (secondary N) is 1. The van der Waals surface area contributed by atoms with Crippen molar-refractivity contribution in [2.45, 2.75) is 57.5 Å². The van der Waals surface area contributed by atoms with Crippen molar-refractivity contribution in [3.63, 3.8) is 0 Å². The van der Waals surface area contributed by atoms with E-state index in [1.54, 1.807) is 14.2 Å². The maximum absolute atomic E-state index is 12.9. The fourth-order valence-corrected chi connectivity index (χ4v) is 4.20. The Balaban J connectivity index is 1.75. The second-order valence-corrected chi connectivity index (χ2v) is 7.28. The van der Waals surface area contributed by atoms with Crippen LogP contribution < -0.4 is 14.8 Å². The smallest absolute Gasteiger partial charge is 0.318 e. The van der Waals surface area contributed by atoms with Crippen molar-refractivity contribution in [1.82, 2.24) is 10.2 Å². The maximum Gasteiger partial charge on any atom is 0.318 e. The minimum atomic E-state index is 0.0686. The summed E-state index contributed by atoms with van der Waals surface area (Å²) < 4.78 is 10.8. The predicted molar refractivity (Wildman–Crippen MR) is 98.2 cm³/mol. The van der Waals surface area contributed by atoms with E-state index in [4.69, 9.17) is 9.47 Å². The molecule has 0 radical (unpaired) electrons. The molecule has 1 aromatic carbocycles. The zero-order chi connectivity index (χ0) is 17.8. The normalized spacial score (nSPS) is 26.4. The lowest BCUT2D eigenvalue weighted by Crippen LogP contribution is -2.47. The van der Waals surface area contributed by atoms with Crippen molar-refractivity contribution >= 4 is 6.03 Å². The molecular formula is C20H30N2O3. The number of carbonyl (C=O) groups excluding carboxylic acids is 1. The Hall–Kier alpha value is -1.91. The highest BCUT2D eigenvalue weighted by Gasteiger charge is 2.34. The zero-order valence-corrected chi connectivity index (χ0v) is 15.6. The van der Waals surface area contributed by atoms with Crippen molar-refractivity contribution in [1.29, 1.82) is 0 Å². The number of hydrogen-bond donors (Lipinski definition) is 1. The van der Waals surface area contributed by atoms with Crippen LogP contribution in [-0.4, -0.2) is 37.7 Å². The Morgan fingerprint density at radius 1 is 1.12 bits per heavy atom. The van der Waals surface area contributed by atoms with Gasteiger partial charge in [-0.25, -0.2) is 4.79 Å². The van der Waals surface area contributed by atoms with E-state index in [1.165, 1.54) is 19.3 Å². The van der Waals surface area contributed by atoms with Gasteiger partial charge in [0.25, 0.3) is 0 Å². The first-order valence-corrected chi connectivity index (χ1v) is 9.43. The largest absolute Gasteiger partial charge is 0.497 e. The molecule has 1 saturated carbocycles. The van der Waals surface area contributed by atoms with E-state index in [0.717, 1.165) is 42.9 Å². The number of urea groups is 1. The standard InChI is InChI=1S/C20H30N2O3/c1-14-7-4-5-8-17(14)21-20(23)22-12-6-9-18(22)16-11-10-15(24-2)13-19(16)25-3/h10-11,13-14,17-18H,4-9,12H2,1-3H3,(H,21,23)/t14-,17+,18-/m0/s1. The number of rotatable bonds is 4. The molecule has 1 aliphatic heterocycles. The van der Waals surface area contributed by atoms with Gasteiger partial charge in [-0.2, -0.15) is 0 Å². The number of likely N-dealkylation sites (tertiary alicyclic amines) is 1. The number of methoxy groups -OCH3 is 2. The van der Waals surface area contributed by atoms with Crippen LogP contribution in [0, 0.1) is 5.92 Å². The lowest BCUT2D eigenvalue weighted by molar-refractivity contribution is 0.177. The fraction of sp³-hybridized carbons (Fsp3) is 0.650. The van der Waals surface area contributed by atoms with Gasteiger partial charge in [0.05, 0.1) is 20.3 Å². The molecule has 2 aliphatic rings. The average molecular weight is 346 g/mol. The van der Waals surface area contributed by atoms with E-state index in [-0.39, 0.29) is 12.1 Å². The Labute approximate surface area is 150 Å². The number of hydrogen-bond acceptors (Lipinski definition) is 3. The average Bonchev–Trinajstić information content (AvgIpc) is 3.12. The van der Waals surface area contributed by atoms with Gasteiger partial charge in [0.1, 0.15) is 11.5 Å². The van der Waals surface area contributed by atoms with Crippen LogP contribution >= 0.6 is 0 Å². The van der Waals surface area contributed by atoms with Crippen LogP contribution in [0.3, 0.4) is 0 Å². The van der Waals surface area contributed by atoms with Crippen LogP contribution in [-0.2, 0) is 0 Å². The minimum absolute atomic E-state index is 0.0686. The van der Waals surface area contributed by atoms with Gasteiger partial charge in [-0.15, -0.1) is 0 Å². The van der Waals surface area contributed by atoms with Crippen molar-refractivity contribution in [2.24, 2.45) is 5.92 Å². The van der Waals surface area contributed by atoms with Crippen LogP contribution in [0.25, 0.3) is 0 Å². The summed E-state index contributed by atoms with van der Waals surface area (Å²) in [4.78, 5) is 14.9. The summed E-state index contributed by atoms with van der Waals surface area (Å²) in [5.74, 6) is 2.12. The quantitative estimate of drug-likeness (QED) is 0.892. The SMILES string of the molecule is COc1ccc([C@@H]2CCCN2C(=O)N[C@@H]2CCCC[C@@H]2C)c(OC)c1. The highest BCUT2D eigenvalue weighted by atomic mass is 16.5. The number of carbonyl (C=O) groups is 1. The number of amides is 2. The molecule has 0 unspecified atom stereocenters. The van der Waals surface area contributed by atoms with Gasteiger partial charge in [0, 0.05) is 24.2 Å². The van der Waals surface area contributed by atoms with Crippen LogP contribution in [0.5, 0.6) is 11.5 Å². The molecule has 3 atom stereocenters. The molecule has 1 heterocycles. The molecule has 138 valence electrons. The van der Waals surface area contributed by atoms with Gasteiger partial charge in [-0.05, 0) is 43.7 Å². The van der Waals surface area contributed by atoms with Crippen LogP contribution in [0.1, 0.15) is 57.1 Å². The Bertz CT molecular complexity index is 605. The monoisotopic (exact) mass is 346 g/mol. The number of nitrogens with zero attached hydrogens (tertiary/aromatic N) is 1. The van der Waals surface area contributed by atoms with E-state index in [9.17, 15) is 4.79 Å². The van der Waals surface area contributed by atoms with E-state index in [1.807, 2.05) is 23.1 Å². The summed E-state index contributed by atoms with van der Waals surface area (Å²) in [5.41, 5.74) is 1.06. The van der Waals surface area contributed by atoms with Crippen LogP contribution in [0.2, 0.25) is 0 Å². The van der Waals surface area contributed by atoms with Gasteiger partial charge in [0.2, 0.25) is 0 Å². The molecule has 1 saturated heterocycles. The molecule has 0 aromatic heterocycles. The Morgan fingerprint density at radius 3 is 2.64 bits per heavy atom. The summed E-state index contributed by atoms with van der Waals surface area (Å²) in [6.45, 7) is 3.05. The van der Waals surface area contributed by atoms with E-state index in [2.05, 4.69) is 12.2 Å². The summed E-state index contributed by atoms with van der Waals surface area (Å²) in [6, 6.07) is 6.30. The molecule has 1 aromatic rings. The number of benzene rings is 1. The Morgan fingerprint density at radius 2 is 1.92 bits per heavy atom. The molecule has 0 spiro atoms. The molecule has 1 N–H and O–H groups in total. The van der Waals surface area contributed by atoms with Gasteiger partial charge in [-0.3, -0.25) is 0 Å². The summed E-state index contributed by atoms with van der Waals surface area (Å²) >= 11 is 0. The molecule has 0 bridgehead atoms. The number of ether oxygens (including phenoxy) is 2. The highest BCUT2D eigenvalue weighted by molar-refractivity contribution is 5.75. The van der Waals surface area contributed by atoms with Crippen molar-refractivity contribution < 1.29 is 14.3 Å². The third kappa shape index (κ3) is 3.86. The van der Waals surface area contributed by atoms with Crippen LogP contribution in [0.15, 0.2) is 18.2 Å². The first-order chi connectivity index (χ1) is 12.1. The highest BCUT2D eigenvalue weighted by Crippen LogP contribution is 2.38. The van der Waals surface area contributed by atoms with Crippen molar-refractivity contribution in [3.05, 3.63) is 23.8 Å². The third-order valence-electron chi connectivity index (χ3n) is 5.73. The molecule has 2 fully saturated rings. The summed E-state index contributed by atoms with van der Waals surface area (Å²) in [5, 5.41) is 3.29. The lowest BCUT2D eigenvalue weighted by Gasteiger charge is -2.33. The fourth-order valence-electron chi connectivity index (χ4n) is 4.20. The van der Waals surface area contributed by atoms with Crippen molar-refractivity contribution in [3.8, 4) is 11.5 Å². The van der Waals surface area contributed by atoms with Gasteiger partial charge in [0.15, 0.2) is 0 Å². The van der Waals surface area contributed by atoms with Crippen molar-refractivity contribution in [2.75, 3.05) is 20.8 Å². The Kier molecular flexibility index (Phi) is 5.71.